The van der Waals surface area contributed by atoms with Crippen LogP contribution in [0, 0.1) is 0 Å². The van der Waals surface area contributed by atoms with Crippen LogP contribution >= 0.6 is 0 Å². The summed E-state index contributed by atoms with van der Waals surface area (Å²) in [6.07, 6.45) is 0. The number of para-hydroxylation sites is 2. The average molecular weight is 382 g/mol. The van der Waals surface area contributed by atoms with Crippen molar-refractivity contribution in [3.8, 4) is 0 Å². The lowest BCUT2D eigenvalue weighted by Crippen LogP contribution is -3.15. The number of carbonyl (C=O) groups excluding carboxylic acids is 2. The van der Waals surface area contributed by atoms with Crippen LogP contribution in [-0.2, 0) is 16.1 Å². The molecule has 2 amide bonds. The van der Waals surface area contributed by atoms with Crippen LogP contribution in [0.2, 0.25) is 0 Å². The summed E-state index contributed by atoms with van der Waals surface area (Å²) in [7, 11) is 4.04. The average Bonchev–Trinajstić information content (AvgIpc) is 2.70. The van der Waals surface area contributed by atoms with Crippen LogP contribution in [0.4, 0.5) is 17.1 Å². The van der Waals surface area contributed by atoms with Gasteiger partial charge in [0.05, 0.1) is 17.9 Å². The maximum Gasteiger partial charge on any atom is 0.285 e. The van der Waals surface area contributed by atoms with E-state index in [2.05, 4.69) is 41.4 Å². The van der Waals surface area contributed by atoms with Gasteiger partial charge in [0.1, 0.15) is 13.1 Å². The molecule has 0 radical (unpaired) electrons. The molecule has 1 aliphatic rings. The van der Waals surface area contributed by atoms with Crippen LogP contribution in [-0.4, -0.2) is 45.0 Å². The summed E-state index contributed by atoms with van der Waals surface area (Å²) >= 11 is 0. The molecular formula is C22H29N4O2+. The number of nitrogens with one attached hydrogen (secondary N) is 2. The Morgan fingerprint density at radius 3 is 2.50 bits per heavy atom. The standard InChI is InChI=1S/C22H28N4O2/c1-5-25(14-17-10-12-18(13-11-17)24(3)4)16(2)22(28)26-15-21(27)23-19-8-6-7-9-20(19)26/h6-13,16H,5,14-15H2,1-4H3,(H,23,27)/p+1/t16-/m1/s1. The van der Waals surface area contributed by atoms with E-state index in [9.17, 15) is 9.59 Å². The molecule has 2 atom stereocenters. The molecule has 2 aromatic carbocycles. The zero-order valence-electron chi connectivity index (χ0n) is 17.0. The third kappa shape index (κ3) is 4.17. The summed E-state index contributed by atoms with van der Waals surface area (Å²) in [4.78, 5) is 30.2. The maximum atomic E-state index is 13.3. The molecule has 1 heterocycles. The first-order valence-corrected chi connectivity index (χ1v) is 9.71. The van der Waals surface area contributed by atoms with Crippen molar-refractivity contribution in [1.29, 1.82) is 0 Å². The van der Waals surface area contributed by atoms with E-state index in [1.807, 2.05) is 45.3 Å². The van der Waals surface area contributed by atoms with Gasteiger partial charge in [0.25, 0.3) is 5.91 Å². The SMILES string of the molecule is CC[NH+](Cc1ccc(N(C)C)cc1)[C@H](C)C(=O)N1CC(=O)Nc2ccccc21. The van der Waals surface area contributed by atoms with E-state index in [0.29, 0.717) is 5.69 Å². The number of nitrogens with zero attached hydrogens (tertiary/aromatic N) is 2. The van der Waals surface area contributed by atoms with Gasteiger partial charge in [-0.2, -0.15) is 0 Å². The van der Waals surface area contributed by atoms with Gasteiger partial charge in [0.2, 0.25) is 5.91 Å². The first-order valence-electron chi connectivity index (χ1n) is 9.71. The molecule has 0 saturated heterocycles. The van der Waals surface area contributed by atoms with Crippen molar-refractivity contribution in [2.24, 2.45) is 0 Å². The summed E-state index contributed by atoms with van der Waals surface area (Å²) in [6, 6.07) is 15.6. The van der Waals surface area contributed by atoms with Crippen LogP contribution in [0.25, 0.3) is 0 Å². The molecule has 1 aliphatic heterocycles. The second kappa shape index (κ2) is 8.44. The van der Waals surface area contributed by atoms with Gasteiger partial charge in [0.15, 0.2) is 6.04 Å². The summed E-state index contributed by atoms with van der Waals surface area (Å²) in [5.41, 5.74) is 3.81. The highest BCUT2D eigenvalue weighted by Gasteiger charge is 2.34. The minimum atomic E-state index is -0.252. The fourth-order valence-corrected chi connectivity index (χ4v) is 3.60. The van der Waals surface area contributed by atoms with Gasteiger partial charge >= 0.3 is 0 Å². The molecule has 0 bridgehead atoms. The highest BCUT2D eigenvalue weighted by Crippen LogP contribution is 2.29. The number of rotatable bonds is 6. The molecule has 0 aromatic heterocycles. The number of hydrogen-bond donors (Lipinski definition) is 2. The maximum absolute atomic E-state index is 13.3. The van der Waals surface area contributed by atoms with Crippen molar-refractivity contribution in [3.63, 3.8) is 0 Å². The van der Waals surface area contributed by atoms with Crippen LogP contribution in [0.15, 0.2) is 48.5 Å². The lowest BCUT2D eigenvalue weighted by atomic mass is 10.1. The van der Waals surface area contributed by atoms with Crippen LogP contribution in [0.3, 0.4) is 0 Å². The van der Waals surface area contributed by atoms with Gasteiger partial charge in [-0.05, 0) is 38.1 Å². The first-order chi connectivity index (χ1) is 13.4. The first kappa shape index (κ1) is 19.9. The minimum Gasteiger partial charge on any atom is -0.378 e. The fraction of sp³-hybridized carbons (Fsp3) is 0.364. The van der Waals surface area contributed by atoms with E-state index in [0.717, 1.165) is 24.5 Å². The summed E-state index contributed by atoms with van der Waals surface area (Å²) in [5.74, 6) is -0.180. The normalized spacial score (nSPS) is 15.4. The molecule has 2 N–H and O–H groups in total. The van der Waals surface area contributed by atoms with Crippen molar-refractivity contribution in [1.82, 2.24) is 0 Å². The molecule has 1 unspecified atom stereocenters. The Balaban J connectivity index is 1.76. The molecule has 148 valence electrons. The van der Waals surface area contributed by atoms with E-state index < -0.39 is 0 Å². The molecule has 6 heteroatoms. The van der Waals surface area contributed by atoms with E-state index >= 15 is 0 Å². The van der Waals surface area contributed by atoms with Gasteiger partial charge < -0.3 is 15.1 Å². The minimum absolute atomic E-state index is 0.0240. The number of anilines is 3. The van der Waals surface area contributed by atoms with Crippen molar-refractivity contribution in [2.75, 3.05) is 42.3 Å². The third-order valence-corrected chi connectivity index (χ3v) is 5.36. The zero-order chi connectivity index (χ0) is 20.3. The quantitative estimate of drug-likeness (QED) is 0.798. The van der Waals surface area contributed by atoms with Gasteiger partial charge in [-0.15, -0.1) is 0 Å². The Kier molecular flexibility index (Phi) is 5.99. The van der Waals surface area contributed by atoms with Gasteiger partial charge in [-0.3, -0.25) is 14.5 Å². The Morgan fingerprint density at radius 1 is 1.18 bits per heavy atom. The molecule has 6 nitrogen and oxygen atoms in total. The van der Waals surface area contributed by atoms with Crippen LogP contribution < -0.4 is 20.0 Å². The van der Waals surface area contributed by atoms with Crippen molar-refractivity contribution in [3.05, 3.63) is 54.1 Å². The Hall–Kier alpha value is -2.86. The van der Waals surface area contributed by atoms with E-state index in [1.165, 1.54) is 10.5 Å². The highest BCUT2D eigenvalue weighted by atomic mass is 16.2. The monoisotopic (exact) mass is 381 g/mol. The topological polar surface area (TPSA) is 57.1 Å². The fourth-order valence-electron chi connectivity index (χ4n) is 3.60. The second-order valence-electron chi connectivity index (χ2n) is 7.46. The second-order valence-corrected chi connectivity index (χ2v) is 7.46. The smallest absolute Gasteiger partial charge is 0.285 e. The van der Waals surface area contributed by atoms with Crippen molar-refractivity contribution >= 4 is 28.9 Å². The zero-order valence-corrected chi connectivity index (χ0v) is 17.0. The Morgan fingerprint density at radius 2 is 1.86 bits per heavy atom. The number of quaternary nitrogens is 1. The van der Waals surface area contributed by atoms with Crippen LogP contribution in [0.5, 0.6) is 0 Å². The highest BCUT2D eigenvalue weighted by molar-refractivity contribution is 6.10. The largest absolute Gasteiger partial charge is 0.378 e. The number of carbonyl (C=O) groups is 2. The van der Waals surface area contributed by atoms with Crippen LogP contribution in [0.1, 0.15) is 19.4 Å². The molecular weight excluding hydrogens is 352 g/mol. The number of amides is 2. The Bertz CT molecular complexity index is 848. The third-order valence-electron chi connectivity index (χ3n) is 5.36. The van der Waals surface area contributed by atoms with E-state index in [4.69, 9.17) is 0 Å². The molecule has 0 spiro atoms. The molecule has 2 aromatic rings. The van der Waals surface area contributed by atoms with E-state index in [-0.39, 0.29) is 24.4 Å². The predicted molar refractivity (Wildman–Crippen MR) is 113 cm³/mol. The number of benzene rings is 2. The number of likely N-dealkylation sites (N-methyl/N-ethyl adjacent to an activating group) is 1. The van der Waals surface area contributed by atoms with Crippen molar-refractivity contribution < 1.29 is 14.5 Å². The summed E-state index contributed by atoms with van der Waals surface area (Å²) in [6.45, 7) is 5.69. The summed E-state index contributed by atoms with van der Waals surface area (Å²) < 4.78 is 0. The summed E-state index contributed by atoms with van der Waals surface area (Å²) in [5, 5.41) is 2.84. The molecule has 0 saturated carbocycles. The predicted octanol–water partition coefficient (Wildman–Crippen LogP) is 1.53. The van der Waals surface area contributed by atoms with E-state index in [1.54, 1.807) is 4.90 Å². The molecule has 28 heavy (non-hydrogen) atoms. The van der Waals surface area contributed by atoms with Crippen molar-refractivity contribution in [2.45, 2.75) is 26.4 Å². The van der Waals surface area contributed by atoms with Gasteiger partial charge in [0, 0.05) is 25.3 Å². The van der Waals surface area contributed by atoms with Gasteiger partial charge in [-0.1, -0.05) is 24.3 Å². The lowest BCUT2D eigenvalue weighted by molar-refractivity contribution is -0.926. The molecule has 0 aliphatic carbocycles. The lowest BCUT2D eigenvalue weighted by Gasteiger charge is -2.33. The molecule has 0 fully saturated rings. The number of hydrogen-bond acceptors (Lipinski definition) is 3. The Labute approximate surface area is 166 Å². The molecule has 3 rings (SSSR count). The van der Waals surface area contributed by atoms with Gasteiger partial charge in [-0.25, -0.2) is 0 Å². The number of fused-ring (bicyclic) bond motifs is 1.